The Hall–Kier alpha value is -0.830. The number of nitrogens with two attached hydrogens (primary N) is 1. The van der Waals surface area contributed by atoms with E-state index in [1.807, 2.05) is 0 Å². The van der Waals surface area contributed by atoms with Crippen molar-refractivity contribution < 1.29 is 4.79 Å². The number of hydrogen-bond donors (Lipinski definition) is 2. The number of carbonyl (C=O) groups is 1. The lowest BCUT2D eigenvalue weighted by Gasteiger charge is -2.30. The highest BCUT2D eigenvalue weighted by molar-refractivity contribution is 5.76. The fourth-order valence-electron chi connectivity index (χ4n) is 2.42. The minimum atomic E-state index is 0.112. The maximum absolute atomic E-state index is 11.6. The zero-order valence-corrected chi connectivity index (χ0v) is 10.1. The predicted octanol–water partition coefficient (Wildman–Crippen LogP) is 1.98. The zero-order valence-electron chi connectivity index (χ0n) is 10.1. The van der Waals surface area contributed by atoms with E-state index in [0.29, 0.717) is 18.9 Å². The minimum absolute atomic E-state index is 0.112. The summed E-state index contributed by atoms with van der Waals surface area (Å²) < 4.78 is 0. The molecule has 1 atom stereocenters. The second kappa shape index (κ2) is 7.44. The molecule has 1 amide bonds. The van der Waals surface area contributed by atoms with E-state index in [1.165, 1.54) is 32.1 Å². The smallest absolute Gasteiger partial charge is 0.220 e. The van der Waals surface area contributed by atoms with Crippen molar-refractivity contribution in [1.82, 2.24) is 5.32 Å². The summed E-state index contributed by atoms with van der Waals surface area (Å²) in [6.07, 6.45) is 9.37. The zero-order chi connectivity index (χ0) is 11.8. The molecule has 16 heavy (non-hydrogen) atoms. The fourth-order valence-corrected chi connectivity index (χ4v) is 2.42. The van der Waals surface area contributed by atoms with Crippen molar-refractivity contribution in [3.05, 3.63) is 12.7 Å². The van der Waals surface area contributed by atoms with Crippen LogP contribution in [-0.4, -0.2) is 18.5 Å². The minimum Gasteiger partial charge on any atom is -0.352 e. The van der Waals surface area contributed by atoms with Gasteiger partial charge in [0.05, 0.1) is 0 Å². The van der Waals surface area contributed by atoms with Gasteiger partial charge in [-0.2, -0.15) is 0 Å². The summed E-state index contributed by atoms with van der Waals surface area (Å²) in [7, 11) is 0. The Labute approximate surface area is 98.5 Å². The van der Waals surface area contributed by atoms with E-state index in [4.69, 9.17) is 5.73 Å². The van der Waals surface area contributed by atoms with Gasteiger partial charge in [-0.25, -0.2) is 0 Å². The molecule has 0 spiro atoms. The molecule has 92 valence electrons. The van der Waals surface area contributed by atoms with Gasteiger partial charge >= 0.3 is 0 Å². The first-order chi connectivity index (χ1) is 7.77. The molecule has 0 bridgehead atoms. The molecule has 1 saturated carbocycles. The average Bonchev–Trinajstić information content (AvgIpc) is 2.34. The number of nitrogens with one attached hydrogen (secondary N) is 1. The van der Waals surface area contributed by atoms with Crippen LogP contribution in [0.2, 0.25) is 0 Å². The van der Waals surface area contributed by atoms with E-state index in [-0.39, 0.29) is 11.9 Å². The SMILES string of the molecule is C=CCCC(=O)NC(CN)C1CCCCC1. The van der Waals surface area contributed by atoms with Crippen LogP contribution in [0.1, 0.15) is 44.9 Å². The summed E-state index contributed by atoms with van der Waals surface area (Å²) in [5, 5.41) is 3.06. The molecule has 1 aliphatic rings. The third-order valence-corrected chi connectivity index (χ3v) is 3.39. The Bertz CT molecular complexity index is 222. The lowest BCUT2D eigenvalue weighted by Crippen LogP contribution is -2.45. The highest BCUT2D eigenvalue weighted by atomic mass is 16.1. The topological polar surface area (TPSA) is 55.1 Å². The third kappa shape index (κ3) is 4.35. The highest BCUT2D eigenvalue weighted by Crippen LogP contribution is 2.26. The molecule has 0 aromatic heterocycles. The first-order valence-corrected chi connectivity index (χ1v) is 6.38. The van der Waals surface area contributed by atoms with Crippen LogP contribution >= 0.6 is 0 Å². The van der Waals surface area contributed by atoms with Crippen molar-refractivity contribution in [1.29, 1.82) is 0 Å². The van der Waals surface area contributed by atoms with Crippen molar-refractivity contribution in [2.24, 2.45) is 11.7 Å². The van der Waals surface area contributed by atoms with Crippen molar-refractivity contribution in [3.63, 3.8) is 0 Å². The Balaban J connectivity index is 2.34. The second-order valence-electron chi connectivity index (χ2n) is 4.64. The van der Waals surface area contributed by atoms with E-state index >= 15 is 0 Å². The van der Waals surface area contributed by atoms with Crippen LogP contribution in [0, 0.1) is 5.92 Å². The van der Waals surface area contributed by atoms with Gasteiger partial charge in [-0.1, -0.05) is 25.3 Å². The van der Waals surface area contributed by atoms with Gasteiger partial charge in [0, 0.05) is 19.0 Å². The van der Waals surface area contributed by atoms with Gasteiger partial charge in [0.15, 0.2) is 0 Å². The summed E-state index contributed by atoms with van der Waals surface area (Å²) in [4.78, 5) is 11.6. The highest BCUT2D eigenvalue weighted by Gasteiger charge is 2.23. The van der Waals surface area contributed by atoms with Crippen molar-refractivity contribution in [2.75, 3.05) is 6.54 Å². The quantitative estimate of drug-likeness (QED) is 0.678. The molecule has 3 N–H and O–H groups in total. The molecule has 3 heteroatoms. The summed E-state index contributed by atoms with van der Waals surface area (Å²) in [6, 6.07) is 0.178. The molecule has 0 aromatic carbocycles. The molecular formula is C13H24N2O. The van der Waals surface area contributed by atoms with Crippen molar-refractivity contribution >= 4 is 5.91 Å². The first kappa shape index (κ1) is 13.2. The van der Waals surface area contributed by atoms with Crippen molar-refractivity contribution in [3.8, 4) is 0 Å². The van der Waals surface area contributed by atoms with Gasteiger partial charge in [-0.15, -0.1) is 6.58 Å². The Morgan fingerprint density at radius 2 is 2.12 bits per heavy atom. The van der Waals surface area contributed by atoms with E-state index in [2.05, 4.69) is 11.9 Å². The maximum atomic E-state index is 11.6. The van der Waals surface area contributed by atoms with Gasteiger partial charge < -0.3 is 11.1 Å². The lowest BCUT2D eigenvalue weighted by atomic mass is 9.84. The number of hydrogen-bond acceptors (Lipinski definition) is 2. The monoisotopic (exact) mass is 224 g/mol. The molecule has 0 heterocycles. The van der Waals surface area contributed by atoms with E-state index < -0.39 is 0 Å². The van der Waals surface area contributed by atoms with Gasteiger partial charge in [0.25, 0.3) is 0 Å². The van der Waals surface area contributed by atoms with E-state index in [0.717, 1.165) is 6.42 Å². The molecule has 1 unspecified atom stereocenters. The Morgan fingerprint density at radius 1 is 1.44 bits per heavy atom. The molecule has 3 nitrogen and oxygen atoms in total. The summed E-state index contributed by atoms with van der Waals surface area (Å²) >= 11 is 0. The molecule has 1 aliphatic carbocycles. The van der Waals surface area contributed by atoms with Gasteiger partial charge in [-0.3, -0.25) is 4.79 Å². The second-order valence-corrected chi connectivity index (χ2v) is 4.64. The summed E-state index contributed by atoms with van der Waals surface area (Å²) in [5.41, 5.74) is 5.75. The molecular weight excluding hydrogens is 200 g/mol. The standard InChI is InChI=1S/C13H24N2O/c1-2-3-9-13(16)15-12(10-14)11-7-5-4-6-8-11/h2,11-12H,1,3-10,14H2,(H,15,16). The third-order valence-electron chi connectivity index (χ3n) is 3.39. The van der Waals surface area contributed by atoms with Crippen LogP contribution in [0.25, 0.3) is 0 Å². The molecule has 0 radical (unpaired) electrons. The van der Waals surface area contributed by atoms with E-state index in [9.17, 15) is 4.79 Å². The van der Waals surface area contributed by atoms with Gasteiger partial charge in [0.1, 0.15) is 0 Å². The summed E-state index contributed by atoms with van der Waals surface area (Å²) in [5.74, 6) is 0.701. The van der Waals surface area contributed by atoms with E-state index in [1.54, 1.807) is 6.08 Å². The predicted molar refractivity (Wildman–Crippen MR) is 67.0 cm³/mol. The Kier molecular flexibility index (Phi) is 6.16. The molecule has 0 aliphatic heterocycles. The summed E-state index contributed by atoms with van der Waals surface area (Å²) in [6.45, 7) is 4.18. The van der Waals surface area contributed by atoms with Crippen LogP contribution in [0.15, 0.2) is 12.7 Å². The van der Waals surface area contributed by atoms with Crippen LogP contribution in [-0.2, 0) is 4.79 Å². The number of rotatable bonds is 6. The molecule has 0 aromatic rings. The molecule has 0 saturated heterocycles. The van der Waals surface area contributed by atoms with Crippen LogP contribution in [0.4, 0.5) is 0 Å². The van der Waals surface area contributed by atoms with Crippen molar-refractivity contribution in [2.45, 2.75) is 51.0 Å². The van der Waals surface area contributed by atoms with Crippen LogP contribution in [0.3, 0.4) is 0 Å². The normalized spacial score (nSPS) is 19.1. The maximum Gasteiger partial charge on any atom is 0.220 e. The van der Waals surface area contributed by atoms with Crippen LogP contribution in [0.5, 0.6) is 0 Å². The van der Waals surface area contributed by atoms with Crippen LogP contribution < -0.4 is 11.1 Å². The number of amides is 1. The first-order valence-electron chi connectivity index (χ1n) is 6.38. The number of allylic oxidation sites excluding steroid dienone is 1. The number of carbonyl (C=O) groups excluding carboxylic acids is 1. The fraction of sp³-hybridized carbons (Fsp3) is 0.769. The largest absolute Gasteiger partial charge is 0.352 e. The molecule has 1 fully saturated rings. The lowest BCUT2D eigenvalue weighted by molar-refractivity contribution is -0.122. The Morgan fingerprint density at radius 3 is 2.69 bits per heavy atom. The van der Waals surface area contributed by atoms with Gasteiger partial charge in [-0.05, 0) is 25.2 Å². The molecule has 1 rings (SSSR count). The van der Waals surface area contributed by atoms with Gasteiger partial charge in [0.2, 0.25) is 5.91 Å². The average molecular weight is 224 g/mol.